The molecule has 7 heteroatoms. The van der Waals surface area contributed by atoms with Crippen LogP contribution in [0.1, 0.15) is 43.1 Å². The number of nitrogens with two attached hydrogens (primary N) is 1. The number of aromatic nitrogens is 1. The van der Waals surface area contributed by atoms with Crippen LogP contribution in [0.5, 0.6) is 0 Å². The Morgan fingerprint density at radius 2 is 1.85 bits per heavy atom. The zero-order valence-corrected chi connectivity index (χ0v) is 12.5. The summed E-state index contributed by atoms with van der Waals surface area (Å²) in [5.74, 6) is -0.108. The molecule has 0 radical (unpaired) electrons. The van der Waals surface area contributed by atoms with Crippen molar-refractivity contribution in [1.82, 2.24) is 9.47 Å². The Kier molecular flexibility index (Phi) is 4.49. The molecule has 1 aliphatic rings. The SMILES string of the molecule is CCn1cc(S(N)(=O)=O)cc1C(=O)N1CCCCCC1. The molecular weight excluding hydrogens is 278 g/mol. The largest absolute Gasteiger partial charge is 0.342 e. The smallest absolute Gasteiger partial charge is 0.270 e. The molecular formula is C13H21N3O3S. The first-order valence-corrected chi connectivity index (χ1v) is 8.50. The first kappa shape index (κ1) is 15.1. The molecule has 1 saturated heterocycles. The molecule has 0 atom stereocenters. The number of hydrogen-bond donors (Lipinski definition) is 1. The van der Waals surface area contributed by atoms with Crippen molar-refractivity contribution in [3.05, 3.63) is 18.0 Å². The highest BCUT2D eigenvalue weighted by Crippen LogP contribution is 2.18. The summed E-state index contributed by atoms with van der Waals surface area (Å²) >= 11 is 0. The lowest BCUT2D eigenvalue weighted by Gasteiger charge is -2.20. The van der Waals surface area contributed by atoms with Gasteiger partial charge in [-0.1, -0.05) is 12.8 Å². The number of aryl methyl sites for hydroxylation is 1. The van der Waals surface area contributed by atoms with Crippen LogP contribution in [-0.4, -0.2) is 36.9 Å². The molecule has 0 bridgehead atoms. The van der Waals surface area contributed by atoms with E-state index in [0.29, 0.717) is 12.2 Å². The first-order chi connectivity index (χ1) is 9.43. The van der Waals surface area contributed by atoms with E-state index in [1.807, 2.05) is 6.92 Å². The lowest BCUT2D eigenvalue weighted by Crippen LogP contribution is -2.33. The fourth-order valence-corrected chi connectivity index (χ4v) is 3.07. The number of rotatable bonds is 3. The minimum absolute atomic E-state index is 0.00229. The summed E-state index contributed by atoms with van der Waals surface area (Å²) in [7, 11) is -3.78. The summed E-state index contributed by atoms with van der Waals surface area (Å²) in [6.07, 6.45) is 5.71. The van der Waals surface area contributed by atoms with Crippen LogP contribution >= 0.6 is 0 Å². The minimum atomic E-state index is -3.78. The average molecular weight is 299 g/mol. The maximum absolute atomic E-state index is 12.5. The number of hydrogen-bond acceptors (Lipinski definition) is 3. The molecule has 6 nitrogen and oxygen atoms in total. The van der Waals surface area contributed by atoms with Crippen molar-refractivity contribution in [1.29, 1.82) is 0 Å². The molecule has 0 saturated carbocycles. The first-order valence-electron chi connectivity index (χ1n) is 6.95. The lowest BCUT2D eigenvalue weighted by molar-refractivity contribution is 0.0751. The molecule has 1 aromatic rings. The van der Waals surface area contributed by atoms with Gasteiger partial charge in [-0.15, -0.1) is 0 Å². The van der Waals surface area contributed by atoms with Crippen LogP contribution in [0.3, 0.4) is 0 Å². The molecule has 0 unspecified atom stereocenters. The second kappa shape index (κ2) is 5.97. The van der Waals surface area contributed by atoms with E-state index in [1.54, 1.807) is 9.47 Å². The third-order valence-corrected chi connectivity index (χ3v) is 4.53. The Morgan fingerprint density at radius 1 is 1.25 bits per heavy atom. The van der Waals surface area contributed by atoms with Gasteiger partial charge in [-0.2, -0.15) is 0 Å². The predicted molar refractivity (Wildman–Crippen MR) is 75.9 cm³/mol. The Bertz CT molecular complexity index is 584. The van der Waals surface area contributed by atoms with Gasteiger partial charge in [0.2, 0.25) is 10.0 Å². The van der Waals surface area contributed by atoms with Gasteiger partial charge in [0.05, 0.1) is 0 Å². The Balaban J connectivity index is 2.31. The summed E-state index contributed by atoms with van der Waals surface area (Å²) < 4.78 is 24.5. The third-order valence-electron chi connectivity index (χ3n) is 3.65. The maximum Gasteiger partial charge on any atom is 0.270 e. The van der Waals surface area contributed by atoms with E-state index < -0.39 is 10.0 Å². The van der Waals surface area contributed by atoms with Gasteiger partial charge in [0.25, 0.3) is 5.91 Å². The standard InChI is InChI=1S/C13H21N3O3S/c1-2-15-10-11(20(14,18)19)9-12(15)13(17)16-7-5-3-4-6-8-16/h9-10H,2-8H2,1H3,(H2,14,18,19). The zero-order valence-electron chi connectivity index (χ0n) is 11.7. The molecule has 0 aromatic carbocycles. The van der Waals surface area contributed by atoms with Crippen LogP contribution in [0, 0.1) is 0 Å². The summed E-state index contributed by atoms with van der Waals surface area (Å²) in [6, 6.07) is 1.38. The number of likely N-dealkylation sites (tertiary alicyclic amines) is 1. The summed E-state index contributed by atoms with van der Waals surface area (Å²) in [4.78, 5) is 14.3. The lowest BCUT2D eigenvalue weighted by atomic mass is 10.2. The summed E-state index contributed by atoms with van der Waals surface area (Å²) in [6.45, 7) is 3.87. The Morgan fingerprint density at radius 3 is 2.35 bits per heavy atom. The molecule has 2 N–H and O–H groups in total. The van der Waals surface area contributed by atoms with Crippen molar-refractivity contribution in [3.63, 3.8) is 0 Å². The maximum atomic E-state index is 12.5. The van der Waals surface area contributed by atoms with E-state index in [4.69, 9.17) is 5.14 Å². The molecule has 20 heavy (non-hydrogen) atoms. The minimum Gasteiger partial charge on any atom is -0.342 e. The van der Waals surface area contributed by atoms with Crippen molar-refractivity contribution in [2.24, 2.45) is 5.14 Å². The van der Waals surface area contributed by atoms with E-state index in [1.165, 1.54) is 12.3 Å². The third kappa shape index (κ3) is 3.21. The average Bonchev–Trinajstić information content (AvgIpc) is 2.65. The van der Waals surface area contributed by atoms with Crippen LogP contribution in [0.15, 0.2) is 17.2 Å². The molecule has 1 aromatic heterocycles. The van der Waals surface area contributed by atoms with E-state index in [-0.39, 0.29) is 10.8 Å². The Labute approximate surface area is 119 Å². The number of primary sulfonamides is 1. The molecule has 1 aliphatic heterocycles. The highest BCUT2D eigenvalue weighted by atomic mass is 32.2. The van der Waals surface area contributed by atoms with Crippen LogP contribution in [0.4, 0.5) is 0 Å². The van der Waals surface area contributed by atoms with Gasteiger partial charge < -0.3 is 9.47 Å². The van der Waals surface area contributed by atoms with Crippen molar-refractivity contribution in [3.8, 4) is 0 Å². The zero-order chi connectivity index (χ0) is 14.8. The van der Waals surface area contributed by atoms with Crippen molar-refractivity contribution in [2.45, 2.75) is 44.0 Å². The molecule has 1 amide bonds. The van der Waals surface area contributed by atoms with E-state index in [9.17, 15) is 13.2 Å². The molecule has 112 valence electrons. The van der Waals surface area contributed by atoms with Gasteiger partial charge in [-0.05, 0) is 25.8 Å². The van der Waals surface area contributed by atoms with Gasteiger partial charge in [-0.3, -0.25) is 4.79 Å². The van der Waals surface area contributed by atoms with Crippen LogP contribution in [0.2, 0.25) is 0 Å². The second-order valence-electron chi connectivity index (χ2n) is 5.10. The number of carbonyl (C=O) groups is 1. The highest BCUT2D eigenvalue weighted by molar-refractivity contribution is 7.89. The number of amides is 1. The monoisotopic (exact) mass is 299 g/mol. The fourth-order valence-electron chi connectivity index (χ4n) is 2.52. The van der Waals surface area contributed by atoms with Gasteiger partial charge in [0.15, 0.2) is 0 Å². The summed E-state index contributed by atoms with van der Waals surface area (Å²) in [5, 5.41) is 5.13. The normalized spacial score (nSPS) is 17.0. The quantitative estimate of drug-likeness (QED) is 0.909. The molecule has 2 heterocycles. The number of sulfonamides is 1. The molecule has 2 rings (SSSR count). The van der Waals surface area contributed by atoms with Gasteiger partial charge in [0, 0.05) is 25.8 Å². The summed E-state index contributed by atoms with van der Waals surface area (Å²) in [5.41, 5.74) is 0.401. The van der Waals surface area contributed by atoms with Crippen LogP contribution < -0.4 is 5.14 Å². The van der Waals surface area contributed by atoms with Crippen molar-refractivity contribution < 1.29 is 13.2 Å². The predicted octanol–water partition coefficient (Wildman–Crippen LogP) is 1.17. The molecule has 1 fully saturated rings. The van der Waals surface area contributed by atoms with Gasteiger partial charge >= 0.3 is 0 Å². The van der Waals surface area contributed by atoms with Crippen LogP contribution in [-0.2, 0) is 16.6 Å². The van der Waals surface area contributed by atoms with Crippen LogP contribution in [0.25, 0.3) is 0 Å². The van der Waals surface area contributed by atoms with E-state index in [2.05, 4.69) is 0 Å². The number of nitrogens with zero attached hydrogens (tertiary/aromatic N) is 2. The van der Waals surface area contributed by atoms with Crippen molar-refractivity contribution >= 4 is 15.9 Å². The topological polar surface area (TPSA) is 85.4 Å². The molecule has 0 aliphatic carbocycles. The van der Waals surface area contributed by atoms with E-state index >= 15 is 0 Å². The molecule has 0 spiro atoms. The Hall–Kier alpha value is -1.34. The van der Waals surface area contributed by atoms with E-state index in [0.717, 1.165) is 38.8 Å². The van der Waals surface area contributed by atoms with Crippen molar-refractivity contribution in [2.75, 3.05) is 13.1 Å². The fraction of sp³-hybridized carbons (Fsp3) is 0.615. The van der Waals surface area contributed by atoms with Gasteiger partial charge in [0.1, 0.15) is 10.6 Å². The number of carbonyl (C=O) groups excluding carboxylic acids is 1. The van der Waals surface area contributed by atoms with Gasteiger partial charge in [-0.25, -0.2) is 13.6 Å². The second-order valence-corrected chi connectivity index (χ2v) is 6.66. The highest BCUT2D eigenvalue weighted by Gasteiger charge is 2.23.